The minimum atomic E-state index is -0.439. The van der Waals surface area contributed by atoms with Gasteiger partial charge in [-0.15, -0.1) is 0 Å². The van der Waals surface area contributed by atoms with Crippen LogP contribution < -0.4 is 9.47 Å². The van der Waals surface area contributed by atoms with Gasteiger partial charge in [-0.2, -0.15) is 0 Å². The number of nitrogens with zero attached hydrogens (tertiary/aromatic N) is 2. The monoisotopic (exact) mass is 369 g/mol. The van der Waals surface area contributed by atoms with Crippen LogP contribution in [0.1, 0.15) is 28.8 Å². The number of nitro groups is 1. The van der Waals surface area contributed by atoms with Gasteiger partial charge in [-0.3, -0.25) is 14.9 Å². The largest absolute Gasteiger partial charge is 0.496 e. The third-order valence-corrected chi connectivity index (χ3v) is 4.42. The van der Waals surface area contributed by atoms with Gasteiger partial charge in [0.2, 0.25) is 0 Å². The molecular weight excluding hydrogens is 348 g/mol. The highest BCUT2D eigenvalue weighted by Gasteiger charge is 2.21. The third kappa shape index (κ3) is 4.55. The lowest BCUT2D eigenvalue weighted by Gasteiger charge is -2.27. The third-order valence-electron chi connectivity index (χ3n) is 4.42. The van der Waals surface area contributed by atoms with E-state index in [1.807, 2.05) is 4.90 Å². The maximum Gasteiger partial charge on any atom is 0.269 e. The SMILES string of the molecule is COc1cc(OCc2cccc([N+](=O)[O-])c2)ccc1C(=O)N1CC[CH]CC1. The number of carbonyl (C=O) groups excluding carboxylic acids is 1. The van der Waals surface area contributed by atoms with Crippen LogP contribution in [0.3, 0.4) is 0 Å². The summed E-state index contributed by atoms with van der Waals surface area (Å²) in [5.74, 6) is 0.929. The summed E-state index contributed by atoms with van der Waals surface area (Å²) in [4.78, 5) is 24.9. The van der Waals surface area contributed by atoms with E-state index in [9.17, 15) is 14.9 Å². The topological polar surface area (TPSA) is 81.9 Å². The summed E-state index contributed by atoms with van der Waals surface area (Å²) < 4.78 is 11.1. The first kappa shape index (κ1) is 18.7. The Balaban J connectivity index is 1.71. The molecule has 0 N–H and O–H groups in total. The highest BCUT2D eigenvalue weighted by molar-refractivity contribution is 5.97. The molecule has 0 spiro atoms. The van der Waals surface area contributed by atoms with Gasteiger partial charge >= 0.3 is 0 Å². The highest BCUT2D eigenvalue weighted by Crippen LogP contribution is 2.27. The minimum absolute atomic E-state index is 0.0217. The molecule has 7 nitrogen and oxygen atoms in total. The van der Waals surface area contributed by atoms with Gasteiger partial charge in [-0.1, -0.05) is 12.1 Å². The van der Waals surface area contributed by atoms with Crippen LogP contribution in [0.15, 0.2) is 42.5 Å². The molecule has 1 aliphatic rings. The number of methoxy groups -OCH3 is 1. The zero-order valence-corrected chi connectivity index (χ0v) is 15.1. The second-order valence-electron chi connectivity index (χ2n) is 6.24. The van der Waals surface area contributed by atoms with E-state index in [0.29, 0.717) is 35.7 Å². The Bertz CT molecular complexity index is 831. The number of non-ortho nitro benzene ring substituents is 1. The summed E-state index contributed by atoms with van der Waals surface area (Å²) >= 11 is 0. The molecule has 2 aromatic carbocycles. The summed E-state index contributed by atoms with van der Waals surface area (Å²) in [6.07, 6.45) is 3.99. The van der Waals surface area contributed by atoms with Crippen LogP contribution in [0.25, 0.3) is 0 Å². The predicted octanol–water partition coefficient (Wildman–Crippen LogP) is 3.62. The molecule has 0 aliphatic carbocycles. The lowest BCUT2D eigenvalue weighted by atomic mass is 10.1. The number of amides is 1. The maximum absolute atomic E-state index is 12.7. The van der Waals surface area contributed by atoms with Crippen molar-refractivity contribution in [2.24, 2.45) is 0 Å². The van der Waals surface area contributed by atoms with Crippen molar-refractivity contribution < 1.29 is 19.2 Å². The number of piperidine rings is 1. The van der Waals surface area contributed by atoms with E-state index in [4.69, 9.17) is 9.47 Å². The average molecular weight is 369 g/mol. The van der Waals surface area contributed by atoms with Gasteiger partial charge in [0.1, 0.15) is 18.1 Å². The van der Waals surface area contributed by atoms with Gasteiger partial charge in [0.15, 0.2) is 0 Å². The minimum Gasteiger partial charge on any atom is -0.496 e. The molecular formula is C20H21N2O5. The smallest absolute Gasteiger partial charge is 0.269 e. The van der Waals surface area contributed by atoms with Crippen LogP contribution in [0.2, 0.25) is 0 Å². The van der Waals surface area contributed by atoms with Crippen molar-refractivity contribution in [2.75, 3.05) is 20.2 Å². The van der Waals surface area contributed by atoms with Crippen molar-refractivity contribution >= 4 is 11.6 Å². The number of ether oxygens (including phenoxy) is 2. The molecule has 1 saturated heterocycles. The quantitative estimate of drug-likeness (QED) is 0.574. The molecule has 0 atom stereocenters. The number of hydrogen-bond donors (Lipinski definition) is 0. The Labute approximate surface area is 157 Å². The predicted molar refractivity (Wildman–Crippen MR) is 99.9 cm³/mol. The number of hydrogen-bond acceptors (Lipinski definition) is 5. The maximum atomic E-state index is 12.7. The van der Waals surface area contributed by atoms with Crippen LogP contribution in [0, 0.1) is 16.5 Å². The van der Waals surface area contributed by atoms with Gasteiger partial charge in [0, 0.05) is 31.3 Å². The van der Waals surface area contributed by atoms with E-state index in [1.165, 1.54) is 19.2 Å². The molecule has 0 unspecified atom stereocenters. The van der Waals surface area contributed by atoms with Crippen LogP contribution in [0.4, 0.5) is 5.69 Å². The van der Waals surface area contributed by atoms with E-state index < -0.39 is 4.92 Å². The van der Waals surface area contributed by atoms with E-state index in [2.05, 4.69) is 6.42 Å². The van der Waals surface area contributed by atoms with Gasteiger partial charge in [0.25, 0.3) is 11.6 Å². The first-order valence-corrected chi connectivity index (χ1v) is 8.73. The van der Waals surface area contributed by atoms with Crippen molar-refractivity contribution in [2.45, 2.75) is 19.4 Å². The Morgan fingerprint density at radius 2 is 1.96 bits per heavy atom. The van der Waals surface area contributed by atoms with Crippen LogP contribution in [0.5, 0.6) is 11.5 Å². The van der Waals surface area contributed by atoms with Crippen LogP contribution >= 0.6 is 0 Å². The van der Waals surface area contributed by atoms with Crippen LogP contribution in [-0.2, 0) is 6.61 Å². The average Bonchev–Trinajstić information content (AvgIpc) is 2.72. The zero-order valence-electron chi connectivity index (χ0n) is 15.1. The molecule has 0 bridgehead atoms. The number of benzene rings is 2. The summed E-state index contributed by atoms with van der Waals surface area (Å²) in [5, 5.41) is 10.9. The van der Waals surface area contributed by atoms with E-state index in [1.54, 1.807) is 30.3 Å². The van der Waals surface area contributed by atoms with Gasteiger partial charge < -0.3 is 14.4 Å². The molecule has 0 saturated carbocycles. The summed E-state index contributed by atoms with van der Waals surface area (Å²) in [5.41, 5.74) is 1.21. The number of rotatable bonds is 6. The molecule has 1 fully saturated rings. The molecule has 1 aliphatic heterocycles. The normalized spacial score (nSPS) is 13.9. The lowest BCUT2D eigenvalue weighted by molar-refractivity contribution is -0.384. The van der Waals surface area contributed by atoms with Crippen molar-refractivity contribution in [3.05, 3.63) is 70.1 Å². The van der Waals surface area contributed by atoms with Crippen molar-refractivity contribution in [3.63, 3.8) is 0 Å². The van der Waals surface area contributed by atoms with Crippen LogP contribution in [-0.4, -0.2) is 35.9 Å². The molecule has 3 rings (SSSR count). The highest BCUT2D eigenvalue weighted by atomic mass is 16.6. The zero-order chi connectivity index (χ0) is 19.2. The first-order chi connectivity index (χ1) is 13.1. The second-order valence-corrected chi connectivity index (χ2v) is 6.24. The molecule has 1 heterocycles. The summed E-state index contributed by atoms with van der Waals surface area (Å²) in [6, 6.07) is 11.4. The Kier molecular flexibility index (Phi) is 5.90. The number of nitro benzene ring substituents is 1. The van der Waals surface area contributed by atoms with E-state index in [-0.39, 0.29) is 18.2 Å². The van der Waals surface area contributed by atoms with Gasteiger partial charge in [-0.05, 0) is 37.0 Å². The Morgan fingerprint density at radius 3 is 2.67 bits per heavy atom. The number of carbonyl (C=O) groups is 1. The fourth-order valence-electron chi connectivity index (χ4n) is 2.99. The lowest BCUT2D eigenvalue weighted by Crippen LogP contribution is -2.35. The second kappa shape index (κ2) is 8.53. The van der Waals surface area contributed by atoms with E-state index >= 15 is 0 Å². The molecule has 1 amide bonds. The fourth-order valence-corrected chi connectivity index (χ4v) is 2.99. The molecule has 2 aromatic rings. The molecule has 7 heteroatoms. The standard InChI is InChI=1S/C20H21N2O5/c1-26-19-13-17(27-14-15-6-5-7-16(12-15)22(24)25)8-9-18(19)20(23)21-10-3-2-4-11-21/h2,5-9,12-13H,3-4,10-11,14H2,1H3. The number of likely N-dealkylation sites (tertiary alicyclic amines) is 1. The summed E-state index contributed by atoms with van der Waals surface area (Å²) in [7, 11) is 1.51. The molecule has 1 radical (unpaired) electrons. The van der Waals surface area contributed by atoms with Gasteiger partial charge in [0.05, 0.1) is 17.6 Å². The fraction of sp³-hybridized carbons (Fsp3) is 0.300. The Hall–Kier alpha value is -3.09. The first-order valence-electron chi connectivity index (χ1n) is 8.73. The van der Waals surface area contributed by atoms with Gasteiger partial charge in [-0.25, -0.2) is 0 Å². The van der Waals surface area contributed by atoms with Crippen molar-refractivity contribution in [1.29, 1.82) is 0 Å². The molecule has 0 aromatic heterocycles. The molecule has 141 valence electrons. The van der Waals surface area contributed by atoms with Crippen molar-refractivity contribution in [3.8, 4) is 11.5 Å². The van der Waals surface area contributed by atoms with E-state index in [0.717, 1.165) is 12.8 Å². The van der Waals surface area contributed by atoms with Crippen molar-refractivity contribution in [1.82, 2.24) is 4.90 Å². The Morgan fingerprint density at radius 1 is 1.19 bits per heavy atom. The molecule has 27 heavy (non-hydrogen) atoms. The summed E-state index contributed by atoms with van der Waals surface area (Å²) in [6.45, 7) is 1.61.